The van der Waals surface area contributed by atoms with Crippen molar-refractivity contribution in [2.75, 3.05) is 11.9 Å². The van der Waals surface area contributed by atoms with E-state index in [2.05, 4.69) is 59.3 Å². The smallest absolute Gasteiger partial charge is 0.204 e. The molecule has 0 spiro atoms. The summed E-state index contributed by atoms with van der Waals surface area (Å²) in [6.07, 6.45) is 1.09. The van der Waals surface area contributed by atoms with E-state index in [-0.39, 0.29) is 0 Å². The molecule has 0 aliphatic carbocycles. The van der Waals surface area contributed by atoms with Gasteiger partial charge in [-0.3, -0.25) is 0 Å². The van der Waals surface area contributed by atoms with Gasteiger partial charge in [-0.25, -0.2) is 4.98 Å². The Morgan fingerprint density at radius 3 is 2.95 bits per heavy atom. The fourth-order valence-electron chi connectivity index (χ4n) is 3.13. The maximum absolute atomic E-state index is 4.70. The van der Waals surface area contributed by atoms with Gasteiger partial charge in [-0.2, -0.15) is 0 Å². The third-order valence-electron chi connectivity index (χ3n) is 4.04. The van der Waals surface area contributed by atoms with E-state index in [9.17, 15) is 0 Å². The van der Waals surface area contributed by atoms with Gasteiger partial charge in [0.2, 0.25) is 5.95 Å². The minimum atomic E-state index is 0.374. The standard InChI is InChI=1S/C17H17N3/c1-12-5-4-6-13(11-12)15-9-10-18-17-19-14-7-2-3-8-16(14)20(15)17/h2-8,11,15H,9-10H2,1H3,(H,18,19). The van der Waals surface area contributed by atoms with E-state index in [4.69, 9.17) is 4.98 Å². The van der Waals surface area contributed by atoms with Crippen molar-refractivity contribution < 1.29 is 0 Å². The minimum Gasteiger partial charge on any atom is -0.356 e. The molecular formula is C17H17N3. The number of imidazole rings is 1. The maximum Gasteiger partial charge on any atom is 0.204 e. The zero-order valence-corrected chi connectivity index (χ0v) is 11.5. The summed E-state index contributed by atoms with van der Waals surface area (Å²) >= 11 is 0. The average Bonchev–Trinajstić information content (AvgIpc) is 2.85. The number of fused-ring (bicyclic) bond motifs is 3. The van der Waals surface area contributed by atoms with Gasteiger partial charge in [-0.1, -0.05) is 42.0 Å². The van der Waals surface area contributed by atoms with E-state index in [1.54, 1.807) is 0 Å². The monoisotopic (exact) mass is 263 g/mol. The molecule has 0 radical (unpaired) electrons. The van der Waals surface area contributed by atoms with Crippen LogP contribution >= 0.6 is 0 Å². The van der Waals surface area contributed by atoms with Crippen LogP contribution in [0.3, 0.4) is 0 Å². The van der Waals surface area contributed by atoms with Crippen LogP contribution in [0.25, 0.3) is 11.0 Å². The average molecular weight is 263 g/mol. The van der Waals surface area contributed by atoms with Crippen LogP contribution in [0, 0.1) is 6.92 Å². The minimum absolute atomic E-state index is 0.374. The highest BCUT2D eigenvalue weighted by Crippen LogP contribution is 2.33. The Morgan fingerprint density at radius 1 is 1.15 bits per heavy atom. The van der Waals surface area contributed by atoms with Crippen LogP contribution in [0.4, 0.5) is 5.95 Å². The highest BCUT2D eigenvalue weighted by molar-refractivity contribution is 5.79. The lowest BCUT2D eigenvalue weighted by molar-refractivity contribution is 0.543. The van der Waals surface area contributed by atoms with Gasteiger partial charge < -0.3 is 9.88 Å². The molecule has 0 amide bonds. The number of hydrogen-bond acceptors (Lipinski definition) is 2. The molecule has 0 fully saturated rings. The molecule has 20 heavy (non-hydrogen) atoms. The Kier molecular flexibility index (Phi) is 2.52. The lowest BCUT2D eigenvalue weighted by Crippen LogP contribution is -2.23. The Hall–Kier alpha value is -2.29. The van der Waals surface area contributed by atoms with Crippen LogP contribution < -0.4 is 5.32 Å². The zero-order valence-electron chi connectivity index (χ0n) is 11.5. The van der Waals surface area contributed by atoms with Crippen LogP contribution in [0.5, 0.6) is 0 Å². The molecule has 1 aromatic heterocycles. The van der Waals surface area contributed by atoms with E-state index >= 15 is 0 Å². The fraction of sp³-hybridized carbons (Fsp3) is 0.235. The summed E-state index contributed by atoms with van der Waals surface area (Å²) in [6, 6.07) is 17.5. The third-order valence-corrected chi connectivity index (χ3v) is 4.04. The van der Waals surface area contributed by atoms with Gasteiger partial charge in [0.25, 0.3) is 0 Å². The van der Waals surface area contributed by atoms with Crippen molar-refractivity contribution in [3.05, 3.63) is 59.7 Å². The van der Waals surface area contributed by atoms with Gasteiger partial charge in [-0.15, -0.1) is 0 Å². The van der Waals surface area contributed by atoms with Crippen molar-refractivity contribution in [3.63, 3.8) is 0 Å². The van der Waals surface area contributed by atoms with Crippen molar-refractivity contribution in [1.82, 2.24) is 9.55 Å². The van der Waals surface area contributed by atoms with Crippen LogP contribution in [0.1, 0.15) is 23.6 Å². The largest absolute Gasteiger partial charge is 0.356 e. The van der Waals surface area contributed by atoms with Crippen LogP contribution in [-0.4, -0.2) is 16.1 Å². The molecule has 2 aromatic carbocycles. The van der Waals surface area contributed by atoms with Gasteiger partial charge in [0.1, 0.15) is 0 Å². The van der Waals surface area contributed by atoms with E-state index in [0.717, 1.165) is 24.4 Å². The van der Waals surface area contributed by atoms with Crippen molar-refractivity contribution in [3.8, 4) is 0 Å². The lowest BCUT2D eigenvalue weighted by atomic mass is 10.00. The molecular weight excluding hydrogens is 246 g/mol. The van der Waals surface area contributed by atoms with Gasteiger partial charge >= 0.3 is 0 Å². The molecule has 3 heteroatoms. The quantitative estimate of drug-likeness (QED) is 0.724. The Labute approximate surface area is 118 Å². The lowest BCUT2D eigenvalue weighted by Gasteiger charge is -2.27. The number of benzene rings is 2. The number of aryl methyl sites for hydroxylation is 1. The van der Waals surface area contributed by atoms with E-state index in [1.807, 2.05) is 6.07 Å². The molecule has 100 valence electrons. The summed E-state index contributed by atoms with van der Waals surface area (Å²) in [5.41, 5.74) is 4.96. The topological polar surface area (TPSA) is 29.9 Å². The molecule has 0 saturated heterocycles. The number of anilines is 1. The number of nitrogens with one attached hydrogen (secondary N) is 1. The summed E-state index contributed by atoms with van der Waals surface area (Å²) < 4.78 is 2.34. The van der Waals surface area contributed by atoms with E-state index in [0.29, 0.717) is 6.04 Å². The molecule has 1 aliphatic heterocycles. The first kappa shape index (κ1) is 11.5. The molecule has 1 atom stereocenters. The molecule has 3 aromatic rings. The first-order valence-corrected chi connectivity index (χ1v) is 7.10. The predicted molar refractivity (Wildman–Crippen MR) is 82.2 cm³/mol. The Morgan fingerprint density at radius 2 is 2.05 bits per heavy atom. The Balaban J connectivity index is 1.93. The third kappa shape index (κ3) is 1.70. The molecule has 1 N–H and O–H groups in total. The summed E-state index contributed by atoms with van der Waals surface area (Å²) in [4.78, 5) is 4.70. The SMILES string of the molecule is Cc1cccc(C2CCNc3nc4ccccc4n32)c1. The molecule has 4 rings (SSSR count). The van der Waals surface area contributed by atoms with Gasteiger partial charge in [0, 0.05) is 6.54 Å². The first-order chi connectivity index (χ1) is 9.83. The highest BCUT2D eigenvalue weighted by atomic mass is 15.2. The Bertz CT molecular complexity index is 773. The summed E-state index contributed by atoms with van der Waals surface area (Å²) in [6.45, 7) is 3.12. The number of para-hydroxylation sites is 2. The fourth-order valence-corrected chi connectivity index (χ4v) is 3.13. The van der Waals surface area contributed by atoms with Crippen molar-refractivity contribution >= 4 is 17.0 Å². The molecule has 2 heterocycles. The maximum atomic E-state index is 4.70. The molecule has 0 bridgehead atoms. The first-order valence-electron chi connectivity index (χ1n) is 7.10. The van der Waals surface area contributed by atoms with Crippen molar-refractivity contribution in [1.29, 1.82) is 0 Å². The molecule has 1 unspecified atom stereocenters. The normalized spacial score (nSPS) is 17.8. The summed E-state index contributed by atoms with van der Waals surface area (Å²) in [7, 11) is 0. The van der Waals surface area contributed by atoms with Crippen LogP contribution in [-0.2, 0) is 0 Å². The predicted octanol–water partition coefficient (Wildman–Crippen LogP) is 3.75. The summed E-state index contributed by atoms with van der Waals surface area (Å²) in [5, 5.41) is 3.42. The molecule has 0 saturated carbocycles. The second kappa shape index (κ2) is 4.37. The van der Waals surface area contributed by atoms with Gasteiger partial charge in [-0.05, 0) is 31.0 Å². The van der Waals surface area contributed by atoms with Crippen molar-refractivity contribution in [2.24, 2.45) is 0 Å². The number of rotatable bonds is 1. The highest BCUT2D eigenvalue weighted by Gasteiger charge is 2.24. The number of hydrogen-bond donors (Lipinski definition) is 1. The second-order valence-corrected chi connectivity index (χ2v) is 5.44. The number of aromatic nitrogens is 2. The van der Waals surface area contributed by atoms with Crippen LogP contribution in [0.2, 0.25) is 0 Å². The molecule has 3 nitrogen and oxygen atoms in total. The van der Waals surface area contributed by atoms with E-state index < -0.39 is 0 Å². The summed E-state index contributed by atoms with van der Waals surface area (Å²) in [5.74, 6) is 0.990. The number of nitrogens with zero attached hydrogens (tertiary/aromatic N) is 2. The van der Waals surface area contributed by atoms with Gasteiger partial charge in [0.05, 0.1) is 17.1 Å². The second-order valence-electron chi connectivity index (χ2n) is 5.44. The van der Waals surface area contributed by atoms with Gasteiger partial charge in [0.15, 0.2) is 0 Å². The van der Waals surface area contributed by atoms with E-state index in [1.165, 1.54) is 16.6 Å². The molecule has 1 aliphatic rings. The van der Waals surface area contributed by atoms with Crippen LogP contribution in [0.15, 0.2) is 48.5 Å². The zero-order chi connectivity index (χ0) is 13.5. The van der Waals surface area contributed by atoms with Crippen molar-refractivity contribution in [2.45, 2.75) is 19.4 Å².